The van der Waals surface area contributed by atoms with Crippen molar-refractivity contribution in [1.29, 1.82) is 0 Å². The lowest BCUT2D eigenvalue weighted by Gasteiger charge is -2.13. The monoisotopic (exact) mass is 260 g/mol. The zero-order chi connectivity index (χ0) is 13.0. The van der Waals surface area contributed by atoms with E-state index < -0.39 is 0 Å². The van der Waals surface area contributed by atoms with E-state index in [-0.39, 0.29) is 0 Å². The van der Waals surface area contributed by atoms with E-state index in [1.165, 1.54) is 0 Å². The molecule has 0 spiro atoms. The van der Waals surface area contributed by atoms with Crippen molar-refractivity contribution in [3.63, 3.8) is 0 Å². The summed E-state index contributed by atoms with van der Waals surface area (Å²) in [5.41, 5.74) is 8.77. The molecular formula is C14H16N2OS. The van der Waals surface area contributed by atoms with Crippen LogP contribution in [0.1, 0.15) is 16.9 Å². The number of nitrogens with two attached hydrogens (primary N) is 1. The minimum atomic E-state index is 0.416. The molecule has 0 aliphatic rings. The lowest BCUT2D eigenvalue weighted by molar-refractivity contribution is 0.513. The molecule has 2 aromatic rings. The highest BCUT2D eigenvalue weighted by atomic mass is 32.1. The van der Waals surface area contributed by atoms with Crippen molar-refractivity contribution in [2.75, 3.05) is 11.9 Å². The van der Waals surface area contributed by atoms with Gasteiger partial charge >= 0.3 is 0 Å². The van der Waals surface area contributed by atoms with Gasteiger partial charge in [-0.25, -0.2) is 0 Å². The topological polar surface area (TPSA) is 51.2 Å². The Morgan fingerprint density at radius 1 is 1.33 bits per heavy atom. The van der Waals surface area contributed by atoms with Gasteiger partial charge < -0.3 is 15.5 Å². The molecule has 0 aliphatic heterocycles. The molecule has 1 heterocycles. The third-order valence-electron chi connectivity index (χ3n) is 2.79. The third-order valence-corrected chi connectivity index (χ3v) is 3.01. The van der Waals surface area contributed by atoms with Crippen LogP contribution in [0.5, 0.6) is 0 Å². The number of furan rings is 1. The number of aryl methyl sites for hydroxylation is 1. The molecule has 0 bridgehead atoms. The molecule has 0 amide bonds. The largest absolute Gasteiger partial charge is 0.469 e. The summed E-state index contributed by atoms with van der Waals surface area (Å²) in [6.07, 6.45) is 2.52. The summed E-state index contributed by atoms with van der Waals surface area (Å²) in [6.45, 7) is 2.82. The normalized spacial score (nSPS) is 10.3. The summed E-state index contributed by atoms with van der Waals surface area (Å²) in [5.74, 6) is 0.966. The van der Waals surface area contributed by atoms with Gasteiger partial charge in [0.1, 0.15) is 10.7 Å². The van der Waals surface area contributed by atoms with Gasteiger partial charge in [-0.05, 0) is 30.7 Å². The number of rotatable bonds is 5. The van der Waals surface area contributed by atoms with E-state index in [0.717, 1.165) is 35.5 Å². The van der Waals surface area contributed by atoms with E-state index in [1.54, 1.807) is 6.26 Å². The minimum Gasteiger partial charge on any atom is -0.469 e. The minimum absolute atomic E-state index is 0.416. The van der Waals surface area contributed by atoms with E-state index >= 15 is 0 Å². The summed E-state index contributed by atoms with van der Waals surface area (Å²) < 4.78 is 5.29. The SMILES string of the molecule is Cc1cccc(C(N)=S)c1NCCc1ccco1. The van der Waals surface area contributed by atoms with Crippen LogP contribution in [0.2, 0.25) is 0 Å². The van der Waals surface area contributed by atoms with Gasteiger partial charge in [0.15, 0.2) is 0 Å². The molecule has 0 atom stereocenters. The first-order valence-electron chi connectivity index (χ1n) is 5.84. The Labute approximate surface area is 112 Å². The number of thiocarbonyl (C=S) groups is 1. The van der Waals surface area contributed by atoms with Gasteiger partial charge in [-0.1, -0.05) is 24.4 Å². The van der Waals surface area contributed by atoms with Gasteiger partial charge in [0, 0.05) is 24.2 Å². The summed E-state index contributed by atoms with van der Waals surface area (Å²) in [4.78, 5) is 0.416. The van der Waals surface area contributed by atoms with Gasteiger partial charge in [-0.3, -0.25) is 0 Å². The molecule has 0 fully saturated rings. The van der Waals surface area contributed by atoms with Crippen molar-refractivity contribution in [3.8, 4) is 0 Å². The third kappa shape index (κ3) is 2.90. The van der Waals surface area contributed by atoms with Crippen molar-refractivity contribution in [1.82, 2.24) is 0 Å². The molecule has 4 heteroatoms. The fraction of sp³-hybridized carbons (Fsp3) is 0.214. The quantitative estimate of drug-likeness (QED) is 0.812. The fourth-order valence-corrected chi connectivity index (χ4v) is 2.04. The summed E-state index contributed by atoms with van der Waals surface area (Å²) in [7, 11) is 0. The molecule has 94 valence electrons. The maximum atomic E-state index is 5.72. The first kappa shape index (κ1) is 12.6. The Bertz CT molecular complexity index is 535. The molecule has 18 heavy (non-hydrogen) atoms. The van der Waals surface area contributed by atoms with Crippen LogP contribution in [0.4, 0.5) is 5.69 Å². The first-order valence-corrected chi connectivity index (χ1v) is 6.25. The lowest BCUT2D eigenvalue weighted by atomic mass is 10.1. The van der Waals surface area contributed by atoms with E-state index in [2.05, 4.69) is 5.32 Å². The molecule has 0 saturated heterocycles. The number of nitrogens with one attached hydrogen (secondary N) is 1. The van der Waals surface area contributed by atoms with Crippen LogP contribution in [-0.4, -0.2) is 11.5 Å². The van der Waals surface area contributed by atoms with Crippen LogP contribution in [0.3, 0.4) is 0 Å². The summed E-state index contributed by atoms with van der Waals surface area (Å²) in [6, 6.07) is 9.79. The van der Waals surface area contributed by atoms with Crippen molar-refractivity contribution < 1.29 is 4.42 Å². The molecule has 0 unspecified atom stereocenters. The molecule has 3 N–H and O–H groups in total. The summed E-state index contributed by atoms with van der Waals surface area (Å²) >= 11 is 5.06. The molecule has 0 radical (unpaired) electrons. The number of hydrogen-bond donors (Lipinski definition) is 2. The number of para-hydroxylation sites is 1. The van der Waals surface area contributed by atoms with Crippen molar-refractivity contribution in [2.45, 2.75) is 13.3 Å². The zero-order valence-corrected chi connectivity index (χ0v) is 11.1. The standard InChI is InChI=1S/C14H16N2OS/c1-10-4-2-6-12(14(15)18)13(10)16-8-7-11-5-3-9-17-11/h2-6,9,16H,7-8H2,1H3,(H2,15,18). The van der Waals surface area contributed by atoms with Crippen molar-refractivity contribution in [2.24, 2.45) is 5.73 Å². The van der Waals surface area contributed by atoms with Gasteiger partial charge in [-0.2, -0.15) is 0 Å². The lowest BCUT2D eigenvalue weighted by Crippen LogP contribution is -2.15. The van der Waals surface area contributed by atoms with Crippen LogP contribution >= 0.6 is 12.2 Å². The van der Waals surface area contributed by atoms with E-state index in [4.69, 9.17) is 22.4 Å². The molecular weight excluding hydrogens is 244 g/mol. The van der Waals surface area contributed by atoms with E-state index in [1.807, 2.05) is 37.3 Å². The Morgan fingerprint density at radius 2 is 2.17 bits per heavy atom. The molecule has 3 nitrogen and oxygen atoms in total. The van der Waals surface area contributed by atoms with Gasteiger partial charge in [0.05, 0.1) is 6.26 Å². The Kier molecular flexibility index (Phi) is 3.99. The average Bonchev–Trinajstić information content (AvgIpc) is 2.84. The maximum Gasteiger partial charge on any atom is 0.106 e. The molecule has 0 saturated carbocycles. The predicted octanol–water partition coefficient (Wildman–Crippen LogP) is 2.88. The Balaban J connectivity index is 2.06. The van der Waals surface area contributed by atoms with Gasteiger partial charge in [0.25, 0.3) is 0 Å². The molecule has 1 aromatic carbocycles. The Hall–Kier alpha value is -1.81. The van der Waals surface area contributed by atoms with Crippen LogP contribution in [0, 0.1) is 6.92 Å². The van der Waals surface area contributed by atoms with Crippen LogP contribution < -0.4 is 11.1 Å². The van der Waals surface area contributed by atoms with E-state index in [9.17, 15) is 0 Å². The number of benzene rings is 1. The molecule has 2 rings (SSSR count). The highest BCUT2D eigenvalue weighted by Crippen LogP contribution is 2.20. The smallest absolute Gasteiger partial charge is 0.106 e. The van der Waals surface area contributed by atoms with Crippen LogP contribution in [0.25, 0.3) is 0 Å². The second kappa shape index (κ2) is 5.69. The van der Waals surface area contributed by atoms with Crippen LogP contribution in [0.15, 0.2) is 41.0 Å². The van der Waals surface area contributed by atoms with Crippen LogP contribution in [-0.2, 0) is 6.42 Å². The number of anilines is 1. The second-order valence-electron chi connectivity index (χ2n) is 4.12. The molecule has 0 aliphatic carbocycles. The zero-order valence-electron chi connectivity index (χ0n) is 10.3. The predicted molar refractivity (Wildman–Crippen MR) is 78.0 cm³/mol. The van der Waals surface area contributed by atoms with Gasteiger partial charge in [-0.15, -0.1) is 0 Å². The first-order chi connectivity index (χ1) is 8.68. The fourth-order valence-electron chi connectivity index (χ4n) is 1.87. The number of hydrogen-bond acceptors (Lipinski definition) is 3. The maximum absolute atomic E-state index is 5.72. The summed E-state index contributed by atoms with van der Waals surface area (Å²) in [5, 5.41) is 3.37. The molecule has 1 aromatic heterocycles. The van der Waals surface area contributed by atoms with Gasteiger partial charge in [0.2, 0.25) is 0 Å². The Morgan fingerprint density at radius 3 is 2.83 bits per heavy atom. The van der Waals surface area contributed by atoms with E-state index in [0.29, 0.717) is 4.99 Å². The van der Waals surface area contributed by atoms with Crippen molar-refractivity contribution >= 4 is 22.9 Å². The highest BCUT2D eigenvalue weighted by molar-refractivity contribution is 7.80. The van der Waals surface area contributed by atoms with Crippen molar-refractivity contribution in [3.05, 3.63) is 53.5 Å². The second-order valence-corrected chi connectivity index (χ2v) is 4.56. The average molecular weight is 260 g/mol. The highest BCUT2D eigenvalue weighted by Gasteiger charge is 2.07.